The monoisotopic (exact) mass is 451 g/mol. The smallest absolute Gasteiger partial charge is 0.258 e. The molecule has 2 heterocycles. The predicted octanol–water partition coefficient (Wildman–Crippen LogP) is 2.97. The largest absolute Gasteiger partial charge is 0.279 e. The van der Waals surface area contributed by atoms with Crippen molar-refractivity contribution in [2.75, 3.05) is 7.05 Å². The van der Waals surface area contributed by atoms with Crippen LogP contribution in [-0.2, 0) is 10.0 Å². The van der Waals surface area contributed by atoms with Crippen LogP contribution >= 0.6 is 15.9 Å². The minimum absolute atomic E-state index is 0.169. The van der Waals surface area contributed by atoms with E-state index in [-0.39, 0.29) is 10.6 Å². The molecule has 0 aliphatic carbocycles. The van der Waals surface area contributed by atoms with Gasteiger partial charge >= 0.3 is 0 Å². The van der Waals surface area contributed by atoms with Crippen LogP contribution in [0.5, 0.6) is 0 Å². The zero-order chi connectivity index (χ0) is 19.8. The maximum Gasteiger partial charge on any atom is 0.279 e. The molecule has 0 bridgehead atoms. The van der Waals surface area contributed by atoms with Gasteiger partial charge in [-0.15, -0.1) is 0 Å². The summed E-state index contributed by atoms with van der Waals surface area (Å²) in [5, 5.41) is 19.1. The van der Waals surface area contributed by atoms with E-state index in [1.807, 2.05) is 12.1 Å². The molecule has 0 saturated carbocycles. The lowest BCUT2D eigenvalue weighted by atomic mass is 10.2. The lowest BCUT2D eigenvalue weighted by molar-refractivity contribution is -0.385. The van der Waals surface area contributed by atoms with Crippen LogP contribution in [0.1, 0.15) is 11.1 Å². The van der Waals surface area contributed by atoms with E-state index in [9.17, 15) is 18.5 Å². The van der Waals surface area contributed by atoms with Gasteiger partial charge in [-0.1, -0.05) is 6.07 Å². The van der Waals surface area contributed by atoms with Gasteiger partial charge in [-0.25, -0.2) is 4.52 Å². The molecule has 140 valence electrons. The molecule has 0 spiro atoms. The summed E-state index contributed by atoms with van der Waals surface area (Å²) in [6.07, 6.45) is 4.68. The third kappa shape index (κ3) is 3.55. The van der Waals surface area contributed by atoms with E-state index < -0.39 is 14.9 Å². The van der Waals surface area contributed by atoms with E-state index >= 15 is 0 Å². The van der Waals surface area contributed by atoms with Crippen LogP contribution in [0.15, 0.2) is 57.2 Å². The van der Waals surface area contributed by atoms with Crippen molar-refractivity contribution in [2.45, 2.75) is 11.8 Å². The number of sulfonamides is 1. The number of hydrazone groups is 1. The first kappa shape index (κ1) is 19.0. The fraction of sp³-hybridized carbons (Fsp3) is 0.125. The molecule has 1 aromatic carbocycles. The molecule has 0 fully saturated rings. The van der Waals surface area contributed by atoms with Crippen LogP contribution in [0.3, 0.4) is 0 Å². The molecule has 0 N–H and O–H groups in total. The molecule has 0 aliphatic heterocycles. The second-order valence-electron chi connectivity index (χ2n) is 5.64. The summed E-state index contributed by atoms with van der Waals surface area (Å²) in [5.41, 5.74) is 1.43. The summed E-state index contributed by atoms with van der Waals surface area (Å²) < 4.78 is 28.7. The number of aromatic nitrogens is 2. The fourth-order valence-corrected chi connectivity index (χ4v) is 4.21. The molecular weight excluding hydrogens is 438 g/mol. The lowest BCUT2D eigenvalue weighted by Crippen LogP contribution is -2.22. The maximum absolute atomic E-state index is 12.8. The first-order chi connectivity index (χ1) is 12.7. The Bertz CT molecular complexity index is 1170. The standard InChI is InChI=1S/C16H14BrN5O4S/c1-11-5-6-13(22(23)24)8-15(11)27(25,26)20(2)18-9-12-10-19-21-7-3-4-14(17)16(12)21/h3-10H,1-2H3/b18-9+. The van der Waals surface area contributed by atoms with E-state index in [0.717, 1.165) is 20.5 Å². The SMILES string of the molecule is Cc1ccc([N+](=O)[O-])cc1S(=O)(=O)N(C)/N=C/c1cnn2cccc(Br)c12. The van der Waals surface area contributed by atoms with Crippen molar-refractivity contribution < 1.29 is 13.3 Å². The molecule has 3 aromatic rings. The van der Waals surface area contributed by atoms with Crippen molar-refractivity contribution in [1.29, 1.82) is 0 Å². The molecule has 11 heteroatoms. The summed E-state index contributed by atoms with van der Waals surface area (Å²) in [6, 6.07) is 7.33. The number of nitro benzene ring substituents is 1. The molecule has 0 amide bonds. The van der Waals surface area contributed by atoms with E-state index in [2.05, 4.69) is 26.1 Å². The van der Waals surface area contributed by atoms with Gasteiger partial charge in [0.2, 0.25) is 0 Å². The Hall–Kier alpha value is -2.79. The van der Waals surface area contributed by atoms with Crippen LogP contribution in [0.25, 0.3) is 5.52 Å². The van der Waals surface area contributed by atoms with E-state index in [0.29, 0.717) is 11.1 Å². The van der Waals surface area contributed by atoms with Gasteiger partial charge in [0.15, 0.2) is 0 Å². The van der Waals surface area contributed by atoms with Gasteiger partial charge in [-0.3, -0.25) is 10.1 Å². The fourth-order valence-electron chi connectivity index (χ4n) is 2.45. The van der Waals surface area contributed by atoms with Gasteiger partial charge < -0.3 is 0 Å². The number of hydrogen-bond donors (Lipinski definition) is 0. The van der Waals surface area contributed by atoms with Crippen molar-refractivity contribution >= 4 is 43.4 Å². The van der Waals surface area contributed by atoms with Crippen molar-refractivity contribution in [3.05, 3.63) is 68.4 Å². The Labute approximate surface area is 163 Å². The number of hydrogen-bond acceptors (Lipinski definition) is 6. The highest BCUT2D eigenvalue weighted by atomic mass is 79.9. The number of pyridine rings is 1. The first-order valence-electron chi connectivity index (χ1n) is 7.61. The Balaban J connectivity index is 1.97. The molecule has 0 radical (unpaired) electrons. The van der Waals surface area contributed by atoms with Crippen molar-refractivity contribution in [3.8, 4) is 0 Å². The van der Waals surface area contributed by atoms with Gasteiger partial charge in [-0.05, 0) is 40.5 Å². The predicted molar refractivity (Wildman–Crippen MR) is 103 cm³/mol. The molecule has 2 aromatic heterocycles. The molecule has 9 nitrogen and oxygen atoms in total. The normalized spacial score (nSPS) is 12.0. The zero-order valence-corrected chi connectivity index (χ0v) is 16.7. The third-order valence-electron chi connectivity index (χ3n) is 3.89. The number of non-ortho nitro benzene ring substituents is 1. The van der Waals surface area contributed by atoms with Crippen molar-refractivity contribution in [3.63, 3.8) is 0 Å². The van der Waals surface area contributed by atoms with Gasteiger partial charge in [0.1, 0.15) is 0 Å². The van der Waals surface area contributed by atoms with E-state index in [4.69, 9.17) is 0 Å². The topological polar surface area (TPSA) is 110 Å². The van der Waals surface area contributed by atoms with E-state index in [1.165, 1.54) is 25.4 Å². The average Bonchev–Trinajstić information content (AvgIpc) is 3.04. The molecule has 0 saturated heterocycles. The Morgan fingerprint density at radius 2 is 2.11 bits per heavy atom. The van der Waals surface area contributed by atoms with Crippen LogP contribution in [0, 0.1) is 17.0 Å². The number of benzene rings is 1. The minimum atomic E-state index is -4.05. The summed E-state index contributed by atoms with van der Waals surface area (Å²) in [5.74, 6) is 0. The van der Waals surface area contributed by atoms with Gasteiger partial charge in [0, 0.05) is 35.4 Å². The van der Waals surface area contributed by atoms with Crippen LogP contribution in [0.4, 0.5) is 5.69 Å². The van der Waals surface area contributed by atoms with Gasteiger partial charge in [0.25, 0.3) is 15.7 Å². The van der Waals surface area contributed by atoms with Crippen LogP contribution in [-0.4, -0.2) is 40.6 Å². The third-order valence-corrected chi connectivity index (χ3v) is 6.31. The van der Waals surface area contributed by atoms with Gasteiger partial charge in [-0.2, -0.15) is 23.0 Å². The Kier molecular flexibility index (Phi) is 4.98. The second-order valence-corrected chi connectivity index (χ2v) is 8.41. The number of nitro groups is 1. The summed E-state index contributed by atoms with van der Waals surface area (Å²) in [4.78, 5) is 10.1. The summed E-state index contributed by atoms with van der Waals surface area (Å²) in [6.45, 7) is 1.57. The Morgan fingerprint density at radius 3 is 2.81 bits per heavy atom. The number of nitrogens with zero attached hydrogens (tertiary/aromatic N) is 5. The number of aryl methyl sites for hydroxylation is 1. The van der Waals surface area contributed by atoms with Crippen molar-refractivity contribution in [1.82, 2.24) is 14.0 Å². The Morgan fingerprint density at radius 1 is 1.37 bits per heavy atom. The minimum Gasteiger partial charge on any atom is -0.258 e. The quantitative estimate of drug-likeness (QED) is 0.336. The molecule has 0 aliphatic rings. The first-order valence-corrected chi connectivity index (χ1v) is 9.85. The summed E-state index contributed by atoms with van der Waals surface area (Å²) in [7, 11) is -2.78. The number of halogens is 1. The van der Waals surface area contributed by atoms with Crippen LogP contribution < -0.4 is 0 Å². The maximum atomic E-state index is 12.8. The highest BCUT2D eigenvalue weighted by Crippen LogP contribution is 2.25. The second kappa shape index (κ2) is 7.08. The molecule has 27 heavy (non-hydrogen) atoms. The molecule has 3 rings (SSSR count). The number of rotatable bonds is 5. The highest BCUT2D eigenvalue weighted by Gasteiger charge is 2.24. The molecule has 0 atom stereocenters. The molecule has 0 unspecified atom stereocenters. The number of fused-ring (bicyclic) bond motifs is 1. The van der Waals surface area contributed by atoms with Crippen molar-refractivity contribution in [2.24, 2.45) is 5.10 Å². The zero-order valence-electron chi connectivity index (χ0n) is 14.3. The van der Waals surface area contributed by atoms with E-state index in [1.54, 1.807) is 23.8 Å². The van der Waals surface area contributed by atoms with Crippen LogP contribution in [0.2, 0.25) is 0 Å². The van der Waals surface area contributed by atoms with Gasteiger partial charge in [0.05, 0.1) is 27.7 Å². The highest BCUT2D eigenvalue weighted by molar-refractivity contribution is 9.10. The lowest BCUT2D eigenvalue weighted by Gasteiger charge is -2.15. The molecular formula is C16H14BrN5O4S. The summed E-state index contributed by atoms with van der Waals surface area (Å²) >= 11 is 3.42. The average molecular weight is 452 g/mol.